The Labute approximate surface area is 139 Å². The number of pyridine rings is 2. The van der Waals surface area contributed by atoms with Crippen LogP contribution in [0.2, 0.25) is 0 Å². The molecule has 0 radical (unpaired) electrons. The van der Waals surface area contributed by atoms with Crippen molar-refractivity contribution in [1.82, 2.24) is 14.3 Å². The molecule has 6 nitrogen and oxygen atoms in total. The average molecular weight is 335 g/mol. The number of nitrogens with zero attached hydrogens (tertiary/aromatic N) is 3. The molecule has 0 bridgehead atoms. The summed E-state index contributed by atoms with van der Waals surface area (Å²) in [5.74, 6) is 4.15. The molecule has 2 heterocycles. The van der Waals surface area contributed by atoms with Crippen molar-refractivity contribution in [3.63, 3.8) is 0 Å². The van der Waals surface area contributed by atoms with Gasteiger partial charge in [-0.25, -0.2) is 13.5 Å². The van der Waals surface area contributed by atoms with Gasteiger partial charge in [-0.1, -0.05) is 13.8 Å². The van der Waals surface area contributed by atoms with E-state index < -0.39 is 9.89 Å². The van der Waals surface area contributed by atoms with Crippen LogP contribution in [-0.2, 0) is 9.89 Å². The van der Waals surface area contributed by atoms with Gasteiger partial charge in [0, 0.05) is 32.1 Å². The summed E-state index contributed by atoms with van der Waals surface area (Å²) in [4.78, 5) is 8.30. The normalized spacial score (nSPS) is 13.0. The number of rotatable bonds is 4. The average Bonchev–Trinajstić information content (AvgIpc) is 2.51. The second kappa shape index (κ2) is 7.94. The lowest BCUT2D eigenvalue weighted by molar-refractivity contribution is 0.604. The maximum Gasteiger partial charge on any atom is 0.123 e. The third kappa shape index (κ3) is 4.94. The zero-order chi connectivity index (χ0) is 17.6. The van der Waals surface area contributed by atoms with E-state index in [9.17, 15) is 4.21 Å². The molecule has 0 aliphatic rings. The Morgan fingerprint density at radius 1 is 1.22 bits per heavy atom. The van der Waals surface area contributed by atoms with E-state index in [-0.39, 0.29) is 0 Å². The SMILES string of the molecule is C=S(=O)(Nc1cc(-c2ccnc(N)c2)cnc1C)N(C)C.CC. The first-order valence-corrected chi connectivity index (χ1v) is 8.99. The van der Waals surface area contributed by atoms with Crippen LogP contribution in [0, 0.1) is 6.92 Å². The van der Waals surface area contributed by atoms with Crippen LogP contribution in [0.5, 0.6) is 0 Å². The summed E-state index contributed by atoms with van der Waals surface area (Å²) >= 11 is 0. The van der Waals surface area contributed by atoms with Gasteiger partial charge in [0.15, 0.2) is 0 Å². The Balaban J connectivity index is 0.00000127. The number of aromatic nitrogens is 2. The molecular weight excluding hydrogens is 310 g/mol. The van der Waals surface area contributed by atoms with E-state index in [4.69, 9.17) is 5.73 Å². The molecule has 126 valence electrons. The van der Waals surface area contributed by atoms with E-state index in [0.717, 1.165) is 16.8 Å². The monoisotopic (exact) mass is 335 g/mol. The van der Waals surface area contributed by atoms with Gasteiger partial charge in [0.2, 0.25) is 0 Å². The quantitative estimate of drug-likeness (QED) is 0.841. The first-order valence-electron chi connectivity index (χ1n) is 7.30. The molecule has 0 aromatic carbocycles. The number of hydrogen-bond acceptors (Lipinski definition) is 4. The lowest BCUT2D eigenvalue weighted by atomic mass is 10.1. The highest BCUT2D eigenvalue weighted by Crippen LogP contribution is 2.25. The fourth-order valence-corrected chi connectivity index (χ4v) is 2.42. The van der Waals surface area contributed by atoms with Gasteiger partial charge in [-0.05, 0) is 36.6 Å². The standard InChI is InChI=1S/C14H19N5OS.C2H6/c1-10-13(18-21(4,20)19(2)3)7-12(9-17-10)11-5-6-16-14(15)8-11;1-2/h5-9H,4H2,1-3H3,(H2,15,16)(H,18,20);1-2H3. The lowest BCUT2D eigenvalue weighted by Gasteiger charge is -2.20. The van der Waals surface area contributed by atoms with Crippen molar-refractivity contribution < 1.29 is 4.21 Å². The molecule has 2 aromatic rings. The predicted octanol–water partition coefficient (Wildman–Crippen LogP) is 2.58. The topological polar surface area (TPSA) is 84.1 Å². The maximum absolute atomic E-state index is 12.4. The molecule has 2 rings (SSSR count). The van der Waals surface area contributed by atoms with E-state index in [0.29, 0.717) is 11.5 Å². The van der Waals surface area contributed by atoms with Gasteiger partial charge in [-0.15, -0.1) is 0 Å². The summed E-state index contributed by atoms with van der Waals surface area (Å²) in [6.07, 6.45) is 3.39. The molecule has 7 heteroatoms. The Bertz CT molecular complexity index is 757. The van der Waals surface area contributed by atoms with Crippen molar-refractivity contribution in [3.05, 3.63) is 36.3 Å². The predicted molar refractivity (Wildman–Crippen MR) is 101 cm³/mol. The molecule has 0 saturated heterocycles. The van der Waals surface area contributed by atoms with E-state index in [1.54, 1.807) is 36.9 Å². The summed E-state index contributed by atoms with van der Waals surface area (Å²) in [6, 6.07) is 5.49. The molecule has 0 spiro atoms. The molecule has 0 aliphatic heterocycles. The summed E-state index contributed by atoms with van der Waals surface area (Å²) in [6.45, 7) is 5.85. The van der Waals surface area contributed by atoms with Gasteiger partial charge in [0.1, 0.15) is 15.7 Å². The van der Waals surface area contributed by atoms with Crippen molar-refractivity contribution in [3.8, 4) is 11.1 Å². The second-order valence-corrected chi connectivity index (χ2v) is 7.10. The maximum atomic E-state index is 12.4. The Hall–Kier alpha value is -2.12. The van der Waals surface area contributed by atoms with Crippen LogP contribution in [0.1, 0.15) is 19.5 Å². The van der Waals surface area contributed by atoms with Gasteiger partial charge >= 0.3 is 0 Å². The van der Waals surface area contributed by atoms with Gasteiger partial charge in [0.25, 0.3) is 0 Å². The fourth-order valence-electron chi connectivity index (χ4n) is 1.69. The number of nitrogen functional groups attached to an aromatic ring is 1. The Morgan fingerprint density at radius 3 is 2.43 bits per heavy atom. The summed E-state index contributed by atoms with van der Waals surface area (Å²) in [5.41, 5.74) is 8.89. The highest BCUT2D eigenvalue weighted by molar-refractivity contribution is 7.99. The number of hydrogen-bond donors (Lipinski definition) is 2. The number of aryl methyl sites for hydroxylation is 1. The molecule has 0 aliphatic carbocycles. The summed E-state index contributed by atoms with van der Waals surface area (Å²) in [7, 11) is 0.839. The first kappa shape index (κ1) is 18.9. The van der Waals surface area contributed by atoms with Crippen LogP contribution in [0.3, 0.4) is 0 Å². The highest BCUT2D eigenvalue weighted by Gasteiger charge is 2.10. The van der Waals surface area contributed by atoms with Crippen molar-refractivity contribution in [2.75, 3.05) is 24.6 Å². The van der Waals surface area contributed by atoms with Crippen LogP contribution >= 0.6 is 0 Å². The molecule has 0 amide bonds. The van der Waals surface area contributed by atoms with Crippen LogP contribution in [0.15, 0.2) is 30.6 Å². The molecule has 23 heavy (non-hydrogen) atoms. The molecule has 3 N–H and O–H groups in total. The van der Waals surface area contributed by atoms with E-state index in [1.807, 2.05) is 32.9 Å². The van der Waals surface area contributed by atoms with Gasteiger partial charge < -0.3 is 5.73 Å². The van der Waals surface area contributed by atoms with Crippen LogP contribution in [0.25, 0.3) is 11.1 Å². The van der Waals surface area contributed by atoms with E-state index in [1.165, 1.54) is 0 Å². The minimum absolute atomic E-state index is 0.442. The van der Waals surface area contributed by atoms with Crippen molar-refractivity contribution in [1.29, 1.82) is 0 Å². The fraction of sp³-hybridized carbons (Fsp3) is 0.312. The number of anilines is 2. The first-order chi connectivity index (χ1) is 10.8. The molecule has 0 saturated carbocycles. The minimum atomic E-state index is -2.57. The summed E-state index contributed by atoms with van der Waals surface area (Å²) in [5, 5.41) is 0. The zero-order valence-electron chi connectivity index (χ0n) is 14.3. The highest BCUT2D eigenvalue weighted by atomic mass is 32.2. The smallest absolute Gasteiger partial charge is 0.123 e. The summed E-state index contributed by atoms with van der Waals surface area (Å²) < 4.78 is 16.8. The third-order valence-electron chi connectivity index (χ3n) is 3.06. The number of nitrogens with two attached hydrogens (primary N) is 1. The molecule has 1 atom stereocenters. The van der Waals surface area contributed by atoms with Gasteiger partial charge in [-0.3, -0.25) is 9.71 Å². The lowest BCUT2D eigenvalue weighted by Crippen LogP contribution is -2.29. The van der Waals surface area contributed by atoms with Crippen LogP contribution in [0.4, 0.5) is 11.5 Å². The Kier molecular flexibility index (Phi) is 6.53. The molecule has 0 fully saturated rings. The van der Waals surface area contributed by atoms with Crippen LogP contribution < -0.4 is 10.5 Å². The van der Waals surface area contributed by atoms with E-state index >= 15 is 0 Å². The number of nitrogens with one attached hydrogen (secondary N) is 1. The van der Waals surface area contributed by atoms with E-state index in [2.05, 4.69) is 20.6 Å². The van der Waals surface area contributed by atoms with Crippen molar-refractivity contribution in [2.45, 2.75) is 20.8 Å². The molecular formula is C16H25N5OS. The second-order valence-electron chi connectivity index (χ2n) is 4.88. The Morgan fingerprint density at radius 2 is 1.87 bits per heavy atom. The third-order valence-corrected chi connectivity index (χ3v) is 4.78. The zero-order valence-corrected chi connectivity index (χ0v) is 15.1. The van der Waals surface area contributed by atoms with Crippen molar-refractivity contribution >= 4 is 27.3 Å². The van der Waals surface area contributed by atoms with Gasteiger partial charge in [-0.2, -0.15) is 0 Å². The largest absolute Gasteiger partial charge is 0.384 e. The molecule has 2 aromatic heterocycles. The van der Waals surface area contributed by atoms with Crippen LogP contribution in [-0.4, -0.2) is 38.4 Å². The van der Waals surface area contributed by atoms with Crippen molar-refractivity contribution in [2.24, 2.45) is 0 Å². The minimum Gasteiger partial charge on any atom is -0.384 e. The van der Waals surface area contributed by atoms with Gasteiger partial charge in [0.05, 0.1) is 11.4 Å². The molecule has 1 unspecified atom stereocenters.